The van der Waals surface area contributed by atoms with Crippen molar-refractivity contribution in [3.8, 4) is 5.75 Å². The Kier molecular flexibility index (Phi) is 5.78. The lowest BCUT2D eigenvalue weighted by Gasteiger charge is -2.17. The number of rotatable bonds is 6. The average molecular weight is 327 g/mol. The molecule has 2 amide bonds. The summed E-state index contributed by atoms with van der Waals surface area (Å²) in [5, 5.41) is 8.48. The molecular formula is C18H21N3O3. The maximum atomic E-state index is 12.4. The Bertz CT molecular complexity index is 731. The smallest absolute Gasteiger partial charge is 0.251 e. The van der Waals surface area contributed by atoms with Crippen LogP contribution in [0.1, 0.15) is 17.3 Å². The Labute approximate surface area is 141 Å². The van der Waals surface area contributed by atoms with E-state index in [-0.39, 0.29) is 11.8 Å². The molecule has 0 aliphatic carbocycles. The van der Waals surface area contributed by atoms with Crippen molar-refractivity contribution < 1.29 is 14.3 Å². The third-order valence-electron chi connectivity index (χ3n) is 3.49. The zero-order valence-electron chi connectivity index (χ0n) is 13.9. The Hall–Kier alpha value is -3.02. The number of carbonyl (C=O) groups excluding carboxylic acids is 2. The molecule has 24 heavy (non-hydrogen) atoms. The number of amides is 2. The molecule has 3 N–H and O–H groups in total. The molecule has 0 aromatic heterocycles. The average Bonchev–Trinajstić information content (AvgIpc) is 2.61. The van der Waals surface area contributed by atoms with Crippen molar-refractivity contribution in [1.29, 1.82) is 0 Å². The summed E-state index contributed by atoms with van der Waals surface area (Å²) in [6.07, 6.45) is 0. The van der Waals surface area contributed by atoms with Crippen molar-refractivity contribution in [2.24, 2.45) is 0 Å². The molecule has 126 valence electrons. The zero-order chi connectivity index (χ0) is 17.5. The molecule has 2 rings (SSSR count). The number of hydrogen-bond acceptors (Lipinski definition) is 4. The van der Waals surface area contributed by atoms with Gasteiger partial charge in [-0.1, -0.05) is 18.2 Å². The van der Waals surface area contributed by atoms with Crippen molar-refractivity contribution in [1.82, 2.24) is 5.32 Å². The molecule has 2 aromatic rings. The van der Waals surface area contributed by atoms with Crippen LogP contribution in [0.25, 0.3) is 0 Å². The minimum Gasteiger partial charge on any atom is -0.495 e. The standard InChI is InChI=1S/C18H21N3O3/c1-12(17(22)21-15-9-4-5-10-16(15)24-3)20-14-8-6-7-13(11-14)18(23)19-2/h4-12,20H,1-3H3,(H,19,23)(H,21,22)/t12-/m1/s1. The van der Waals surface area contributed by atoms with E-state index in [1.807, 2.05) is 12.1 Å². The molecule has 0 saturated carbocycles. The summed E-state index contributed by atoms with van der Waals surface area (Å²) in [4.78, 5) is 24.0. The highest BCUT2D eigenvalue weighted by atomic mass is 16.5. The summed E-state index contributed by atoms with van der Waals surface area (Å²) in [5.74, 6) is 0.217. The number of anilines is 2. The molecule has 0 aliphatic rings. The second-order valence-electron chi connectivity index (χ2n) is 5.22. The molecule has 0 radical (unpaired) electrons. The van der Waals surface area contributed by atoms with Gasteiger partial charge < -0.3 is 20.7 Å². The molecule has 2 aromatic carbocycles. The largest absolute Gasteiger partial charge is 0.495 e. The molecule has 0 saturated heterocycles. The summed E-state index contributed by atoms with van der Waals surface area (Å²) >= 11 is 0. The normalized spacial score (nSPS) is 11.3. The molecular weight excluding hydrogens is 306 g/mol. The Morgan fingerprint density at radius 2 is 1.83 bits per heavy atom. The summed E-state index contributed by atoms with van der Waals surface area (Å²) in [6.45, 7) is 1.75. The quantitative estimate of drug-likeness (QED) is 0.761. The first-order valence-corrected chi connectivity index (χ1v) is 7.57. The number of benzene rings is 2. The molecule has 6 heteroatoms. The van der Waals surface area contributed by atoms with Gasteiger partial charge in [-0.05, 0) is 37.3 Å². The second kappa shape index (κ2) is 8.01. The fourth-order valence-electron chi connectivity index (χ4n) is 2.20. The van der Waals surface area contributed by atoms with E-state index in [0.29, 0.717) is 22.7 Å². The highest BCUT2D eigenvalue weighted by Crippen LogP contribution is 2.23. The zero-order valence-corrected chi connectivity index (χ0v) is 13.9. The van der Waals surface area contributed by atoms with Crippen LogP contribution < -0.4 is 20.7 Å². The number of nitrogens with one attached hydrogen (secondary N) is 3. The van der Waals surface area contributed by atoms with Crippen LogP contribution >= 0.6 is 0 Å². The van der Waals surface area contributed by atoms with E-state index in [2.05, 4.69) is 16.0 Å². The molecule has 0 heterocycles. The van der Waals surface area contributed by atoms with Crippen LogP contribution in [-0.4, -0.2) is 32.0 Å². The van der Waals surface area contributed by atoms with Crippen LogP contribution in [0.4, 0.5) is 11.4 Å². The molecule has 0 unspecified atom stereocenters. The molecule has 0 aliphatic heterocycles. The van der Waals surface area contributed by atoms with Gasteiger partial charge >= 0.3 is 0 Å². The van der Waals surface area contributed by atoms with Gasteiger partial charge in [0.2, 0.25) is 5.91 Å². The molecule has 6 nitrogen and oxygen atoms in total. The number of para-hydroxylation sites is 2. The van der Waals surface area contributed by atoms with E-state index in [4.69, 9.17) is 4.74 Å². The topological polar surface area (TPSA) is 79.5 Å². The summed E-state index contributed by atoms with van der Waals surface area (Å²) in [5.41, 5.74) is 1.83. The van der Waals surface area contributed by atoms with E-state index >= 15 is 0 Å². The Balaban J connectivity index is 2.05. The molecule has 0 fully saturated rings. The minimum absolute atomic E-state index is 0.176. The van der Waals surface area contributed by atoms with Gasteiger partial charge in [-0.25, -0.2) is 0 Å². The van der Waals surface area contributed by atoms with E-state index in [0.717, 1.165) is 0 Å². The van der Waals surface area contributed by atoms with Crippen molar-refractivity contribution in [2.75, 3.05) is 24.8 Å². The fraction of sp³-hybridized carbons (Fsp3) is 0.222. The first-order valence-electron chi connectivity index (χ1n) is 7.57. The monoisotopic (exact) mass is 327 g/mol. The summed E-state index contributed by atoms with van der Waals surface area (Å²) in [7, 11) is 3.13. The maximum Gasteiger partial charge on any atom is 0.251 e. The first kappa shape index (κ1) is 17.3. The Morgan fingerprint density at radius 3 is 2.54 bits per heavy atom. The molecule has 0 bridgehead atoms. The SMILES string of the molecule is CNC(=O)c1cccc(N[C@H](C)C(=O)Nc2ccccc2OC)c1. The third-order valence-corrected chi connectivity index (χ3v) is 3.49. The van der Waals surface area contributed by atoms with Crippen molar-refractivity contribution >= 4 is 23.2 Å². The van der Waals surface area contributed by atoms with Crippen molar-refractivity contribution in [3.05, 3.63) is 54.1 Å². The van der Waals surface area contributed by atoms with Gasteiger partial charge in [0.25, 0.3) is 5.91 Å². The van der Waals surface area contributed by atoms with E-state index in [9.17, 15) is 9.59 Å². The van der Waals surface area contributed by atoms with Crippen LogP contribution in [0.15, 0.2) is 48.5 Å². The van der Waals surface area contributed by atoms with Crippen LogP contribution in [0.5, 0.6) is 5.75 Å². The van der Waals surface area contributed by atoms with Crippen LogP contribution in [-0.2, 0) is 4.79 Å². The van der Waals surface area contributed by atoms with Crippen molar-refractivity contribution in [2.45, 2.75) is 13.0 Å². The van der Waals surface area contributed by atoms with Gasteiger partial charge in [0.1, 0.15) is 11.8 Å². The van der Waals surface area contributed by atoms with Gasteiger partial charge in [0.05, 0.1) is 12.8 Å². The van der Waals surface area contributed by atoms with E-state index < -0.39 is 6.04 Å². The lowest BCUT2D eigenvalue weighted by molar-refractivity contribution is -0.116. The lowest BCUT2D eigenvalue weighted by atomic mass is 10.1. The number of hydrogen-bond donors (Lipinski definition) is 3. The number of ether oxygens (including phenoxy) is 1. The first-order chi connectivity index (χ1) is 11.5. The van der Waals surface area contributed by atoms with Crippen LogP contribution in [0.2, 0.25) is 0 Å². The summed E-state index contributed by atoms with van der Waals surface area (Å²) in [6, 6.07) is 13.7. The van der Waals surface area contributed by atoms with Crippen LogP contribution in [0, 0.1) is 0 Å². The fourth-order valence-corrected chi connectivity index (χ4v) is 2.20. The summed E-state index contributed by atoms with van der Waals surface area (Å²) < 4.78 is 5.22. The van der Waals surface area contributed by atoms with Gasteiger partial charge in [-0.15, -0.1) is 0 Å². The highest BCUT2D eigenvalue weighted by molar-refractivity contribution is 5.98. The predicted octanol–water partition coefficient (Wildman–Crippen LogP) is 2.49. The Morgan fingerprint density at radius 1 is 1.08 bits per heavy atom. The minimum atomic E-state index is -0.491. The highest BCUT2D eigenvalue weighted by Gasteiger charge is 2.15. The molecule has 0 spiro atoms. The number of carbonyl (C=O) groups is 2. The van der Waals surface area contributed by atoms with Crippen LogP contribution in [0.3, 0.4) is 0 Å². The van der Waals surface area contributed by atoms with Gasteiger partial charge in [-0.2, -0.15) is 0 Å². The maximum absolute atomic E-state index is 12.4. The van der Waals surface area contributed by atoms with Crippen molar-refractivity contribution in [3.63, 3.8) is 0 Å². The van der Waals surface area contributed by atoms with Gasteiger partial charge in [0.15, 0.2) is 0 Å². The van der Waals surface area contributed by atoms with E-state index in [1.54, 1.807) is 57.5 Å². The van der Waals surface area contributed by atoms with Gasteiger partial charge in [0, 0.05) is 18.3 Å². The second-order valence-corrected chi connectivity index (χ2v) is 5.22. The van der Waals surface area contributed by atoms with Gasteiger partial charge in [-0.3, -0.25) is 9.59 Å². The molecule has 1 atom stereocenters. The predicted molar refractivity (Wildman–Crippen MR) is 94.5 cm³/mol. The number of methoxy groups -OCH3 is 1. The third kappa shape index (κ3) is 4.25. The van der Waals surface area contributed by atoms with E-state index in [1.165, 1.54) is 0 Å². The lowest BCUT2D eigenvalue weighted by Crippen LogP contribution is -2.32.